The average Bonchev–Trinajstić information content (AvgIpc) is 3.50. The van der Waals surface area contributed by atoms with Crippen LogP contribution < -0.4 is 10.1 Å². The number of nitrogens with one attached hydrogen (secondary N) is 1. The topological polar surface area (TPSA) is 21.3 Å². The molecule has 0 amide bonds. The number of methoxy groups -OCH3 is 1. The highest BCUT2D eigenvalue weighted by atomic mass is 16.5. The van der Waals surface area contributed by atoms with E-state index in [1.807, 2.05) is 0 Å². The molecule has 2 fully saturated rings. The first-order valence-corrected chi connectivity index (χ1v) is 13.2. The highest BCUT2D eigenvalue weighted by Crippen LogP contribution is 2.55. The minimum atomic E-state index is 0.434. The van der Waals surface area contributed by atoms with Gasteiger partial charge >= 0.3 is 0 Å². The van der Waals surface area contributed by atoms with Gasteiger partial charge in [-0.15, -0.1) is 0 Å². The number of hydrogen-bond acceptors (Lipinski definition) is 2. The van der Waals surface area contributed by atoms with Gasteiger partial charge in [-0.3, -0.25) is 0 Å². The molecule has 0 aromatic heterocycles. The molecule has 5 rings (SSSR count). The molecule has 1 N–H and O–H groups in total. The molecular formula is C32H39NO. The summed E-state index contributed by atoms with van der Waals surface area (Å²) in [6.07, 6.45) is 5.25. The second-order valence-corrected chi connectivity index (χ2v) is 10.5. The van der Waals surface area contributed by atoms with Crippen LogP contribution in [0.15, 0.2) is 78.9 Å². The first-order valence-electron chi connectivity index (χ1n) is 13.2. The zero-order chi connectivity index (χ0) is 23.5. The van der Waals surface area contributed by atoms with Crippen LogP contribution in [0, 0.1) is 17.8 Å². The Labute approximate surface area is 205 Å². The minimum absolute atomic E-state index is 0.434. The fraction of sp³-hybridized carbons (Fsp3) is 0.438. The molecule has 0 radical (unpaired) electrons. The Morgan fingerprint density at radius 1 is 0.853 bits per heavy atom. The summed E-state index contributed by atoms with van der Waals surface area (Å²) < 4.78 is 5.76. The Hall–Kier alpha value is -2.58. The molecule has 0 saturated heterocycles. The van der Waals surface area contributed by atoms with Crippen molar-refractivity contribution in [3.05, 3.63) is 101 Å². The van der Waals surface area contributed by atoms with Gasteiger partial charge in [-0.25, -0.2) is 0 Å². The van der Waals surface area contributed by atoms with Crippen LogP contribution >= 0.6 is 0 Å². The molecule has 0 spiro atoms. The van der Waals surface area contributed by atoms with Crippen molar-refractivity contribution in [2.75, 3.05) is 7.11 Å². The second-order valence-electron chi connectivity index (χ2n) is 10.5. The zero-order valence-corrected chi connectivity index (χ0v) is 20.9. The number of fused-ring (bicyclic) bond motifs is 2. The van der Waals surface area contributed by atoms with E-state index in [-0.39, 0.29) is 0 Å². The molecule has 5 atom stereocenters. The first kappa shape index (κ1) is 23.2. The molecule has 2 heteroatoms. The van der Waals surface area contributed by atoms with E-state index in [2.05, 4.69) is 98.0 Å². The third kappa shape index (κ3) is 4.53. The molecule has 2 saturated carbocycles. The molecule has 178 valence electrons. The van der Waals surface area contributed by atoms with Crippen molar-refractivity contribution in [2.45, 2.75) is 64.0 Å². The molecule has 34 heavy (non-hydrogen) atoms. The van der Waals surface area contributed by atoms with Crippen LogP contribution in [-0.2, 0) is 6.54 Å². The van der Waals surface area contributed by atoms with Gasteiger partial charge in [0.15, 0.2) is 0 Å². The van der Waals surface area contributed by atoms with Gasteiger partial charge in [-0.2, -0.15) is 0 Å². The summed E-state index contributed by atoms with van der Waals surface area (Å²) in [7, 11) is 1.79. The van der Waals surface area contributed by atoms with Crippen molar-refractivity contribution in [2.24, 2.45) is 17.8 Å². The van der Waals surface area contributed by atoms with Crippen LogP contribution in [0.25, 0.3) is 0 Å². The number of hydrogen-bond donors (Lipinski definition) is 1. The summed E-state index contributed by atoms with van der Waals surface area (Å²) in [5.74, 6) is 4.19. The molecule has 2 nitrogen and oxygen atoms in total. The second kappa shape index (κ2) is 10.4. The first-order chi connectivity index (χ1) is 16.7. The molecule has 2 aliphatic rings. The Balaban J connectivity index is 1.45. The van der Waals surface area contributed by atoms with Gasteiger partial charge < -0.3 is 10.1 Å². The Morgan fingerprint density at radius 3 is 2.12 bits per heavy atom. The normalized spacial score (nSPS) is 24.5. The lowest BCUT2D eigenvalue weighted by molar-refractivity contribution is 0.224. The van der Waals surface area contributed by atoms with Gasteiger partial charge in [0, 0.05) is 24.1 Å². The van der Waals surface area contributed by atoms with Gasteiger partial charge in [-0.1, -0.05) is 86.6 Å². The summed E-state index contributed by atoms with van der Waals surface area (Å²) in [6.45, 7) is 5.45. The standard InChI is InChI=1S/C32H39NO/c1-4-22(2)25-17-18-29(34-3)28(19-25)21-33-32-27-16-15-26(20-27)31(32)30(23-11-7-5-8-12-23)24-13-9-6-10-14-24/h5-14,17-19,22,26-27,30-33H,4,15-16,20-21H2,1-3H3. The highest BCUT2D eigenvalue weighted by Gasteiger charge is 2.50. The summed E-state index contributed by atoms with van der Waals surface area (Å²) in [4.78, 5) is 0. The lowest BCUT2D eigenvalue weighted by Crippen LogP contribution is -2.43. The van der Waals surface area contributed by atoms with Crippen molar-refractivity contribution < 1.29 is 4.74 Å². The van der Waals surface area contributed by atoms with E-state index in [9.17, 15) is 0 Å². The van der Waals surface area contributed by atoms with Crippen molar-refractivity contribution >= 4 is 0 Å². The van der Waals surface area contributed by atoms with Crippen LogP contribution in [-0.4, -0.2) is 13.2 Å². The zero-order valence-electron chi connectivity index (χ0n) is 20.9. The van der Waals surface area contributed by atoms with Gasteiger partial charge in [-0.05, 0) is 72.1 Å². The maximum absolute atomic E-state index is 5.76. The van der Waals surface area contributed by atoms with E-state index in [1.54, 1.807) is 7.11 Å². The number of rotatable bonds is 9. The monoisotopic (exact) mass is 453 g/mol. The van der Waals surface area contributed by atoms with E-state index in [0.29, 0.717) is 23.8 Å². The smallest absolute Gasteiger partial charge is 0.123 e. The third-order valence-corrected chi connectivity index (χ3v) is 8.70. The lowest BCUT2D eigenvalue weighted by atomic mass is 9.70. The Bertz CT molecular complexity index is 1020. The van der Waals surface area contributed by atoms with Gasteiger partial charge in [0.2, 0.25) is 0 Å². The van der Waals surface area contributed by atoms with Crippen LogP contribution in [0.5, 0.6) is 5.75 Å². The van der Waals surface area contributed by atoms with Crippen molar-refractivity contribution in [1.29, 1.82) is 0 Å². The van der Waals surface area contributed by atoms with E-state index in [0.717, 1.165) is 30.6 Å². The highest BCUT2D eigenvalue weighted by molar-refractivity contribution is 5.39. The minimum Gasteiger partial charge on any atom is -0.496 e. The van der Waals surface area contributed by atoms with E-state index in [1.165, 1.54) is 41.5 Å². The van der Waals surface area contributed by atoms with Crippen LogP contribution in [0.3, 0.4) is 0 Å². The van der Waals surface area contributed by atoms with Crippen molar-refractivity contribution in [1.82, 2.24) is 5.32 Å². The molecule has 5 unspecified atom stereocenters. The largest absolute Gasteiger partial charge is 0.496 e. The van der Waals surface area contributed by atoms with E-state index < -0.39 is 0 Å². The fourth-order valence-electron chi connectivity index (χ4n) is 6.78. The maximum atomic E-state index is 5.76. The summed E-state index contributed by atoms with van der Waals surface area (Å²) in [5.41, 5.74) is 5.61. The maximum Gasteiger partial charge on any atom is 0.123 e. The fourth-order valence-corrected chi connectivity index (χ4v) is 6.78. The molecule has 0 aliphatic heterocycles. The number of ether oxygens (including phenoxy) is 1. The van der Waals surface area contributed by atoms with Crippen LogP contribution in [0.1, 0.15) is 73.6 Å². The molecular weight excluding hydrogens is 414 g/mol. The molecule has 0 heterocycles. The van der Waals surface area contributed by atoms with E-state index in [4.69, 9.17) is 4.74 Å². The summed E-state index contributed by atoms with van der Waals surface area (Å²) in [5, 5.41) is 4.08. The van der Waals surface area contributed by atoms with Gasteiger partial charge in [0.05, 0.1) is 7.11 Å². The SMILES string of the molecule is CCC(C)c1ccc(OC)c(CNC2C3CCC(C3)C2C(c2ccccc2)c2ccccc2)c1. The third-order valence-electron chi connectivity index (χ3n) is 8.70. The lowest BCUT2D eigenvalue weighted by Gasteiger charge is -2.38. The molecule has 3 aromatic carbocycles. The average molecular weight is 454 g/mol. The van der Waals surface area contributed by atoms with Gasteiger partial charge in [0.1, 0.15) is 5.75 Å². The number of benzene rings is 3. The molecule has 3 aromatic rings. The van der Waals surface area contributed by atoms with E-state index >= 15 is 0 Å². The van der Waals surface area contributed by atoms with Crippen LogP contribution in [0.2, 0.25) is 0 Å². The van der Waals surface area contributed by atoms with Crippen molar-refractivity contribution in [3.63, 3.8) is 0 Å². The Kier molecular flexibility index (Phi) is 7.06. The predicted octanol–water partition coefficient (Wildman–Crippen LogP) is 7.55. The quantitative estimate of drug-likeness (QED) is 0.361. The summed E-state index contributed by atoms with van der Waals surface area (Å²) in [6, 6.07) is 29.7. The summed E-state index contributed by atoms with van der Waals surface area (Å²) >= 11 is 0. The molecule has 2 aliphatic carbocycles. The van der Waals surface area contributed by atoms with Crippen LogP contribution in [0.4, 0.5) is 0 Å². The van der Waals surface area contributed by atoms with Crippen molar-refractivity contribution in [3.8, 4) is 5.75 Å². The Morgan fingerprint density at radius 2 is 1.50 bits per heavy atom. The predicted molar refractivity (Wildman–Crippen MR) is 141 cm³/mol. The van der Waals surface area contributed by atoms with Gasteiger partial charge in [0.25, 0.3) is 0 Å². The molecule has 2 bridgehead atoms.